The van der Waals surface area contributed by atoms with Crippen molar-refractivity contribution in [1.82, 2.24) is 15.5 Å². The molecule has 2 aliphatic carbocycles. The van der Waals surface area contributed by atoms with Crippen molar-refractivity contribution in [3.63, 3.8) is 0 Å². The van der Waals surface area contributed by atoms with Crippen LogP contribution >= 0.6 is 0 Å². The molecule has 3 aliphatic rings. The van der Waals surface area contributed by atoms with Crippen molar-refractivity contribution in [1.29, 1.82) is 0 Å². The van der Waals surface area contributed by atoms with Gasteiger partial charge in [-0.25, -0.2) is 0 Å². The van der Waals surface area contributed by atoms with Crippen LogP contribution in [0.1, 0.15) is 72.6 Å². The topological polar surface area (TPSA) is 73.8 Å². The Hall–Kier alpha value is -2.21. The molecule has 0 radical (unpaired) electrons. The van der Waals surface area contributed by atoms with E-state index in [0.717, 1.165) is 50.9 Å². The summed E-state index contributed by atoms with van der Waals surface area (Å²) in [6.07, 6.45) is 13.1. The first kappa shape index (κ1) is 25.4. The quantitative estimate of drug-likeness (QED) is 0.568. The number of likely N-dealkylation sites (tertiary alicyclic amines) is 1. The maximum Gasteiger partial charge on any atom is 0.271 e. The molecule has 3 rings (SSSR count). The van der Waals surface area contributed by atoms with Crippen molar-refractivity contribution < 1.29 is 9.59 Å². The van der Waals surface area contributed by atoms with Crippen LogP contribution < -0.4 is 10.6 Å². The van der Waals surface area contributed by atoms with Crippen LogP contribution in [-0.4, -0.2) is 55.1 Å². The van der Waals surface area contributed by atoms with E-state index in [1.807, 2.05) is 13.0 Å². The SMILES string of the molecule is C/C=C(/NC(=O)C1=CC=C(CN2CCCC2)C1)C(=NC)C(=O)NC1CCC(C(C)(C)C)CC1. The highest BCUT2D eigenvalue weighted by atomic mass is 16.2. The number of allylic oxidation sites excluding steroid dienone is 3. The third-order valence-corrected chi connectivity index (χ3v) is 7.37. The van der Waals surface area contributed by atoms with Gasteiger partial charge in [0.1, 0.15) is 5.71 Å². The van der Waals surface area contributed by atoms with Crippen LogP contribution in [-0.2, 0) is 9.59 Å². The third kappa shape index (κ3) is 6.89. The first-order chi connectivity index (χ1) is 15.7. The van der Waals surface area contributed by atoms with E-state index in [1.165, 1.54) is 18.4 Å². The minimum absolute atomic E-state index is 0.157. The molecule has 0 bridgehead atoms. The van der Waals surface area contributed by atoms with Crippen molar-refractivity contribution in [3.05, 3.63) is 35.1 Å². The number of carbonyl (C=O) groups excluding carboxylic acids is 2. The lowest BCUT2D eigenvalue weighted by Gasteiger charge is -2.37. The first-order valence-corrected chi connectivity index (χ1v) is 12.6. The summed E-state index contributed by atoms with van der Waals surface area (Å²) in [6, 6.07) is 0.163. The summed E-state index contributed by atoms with van der Waals surface area (Å²) in [4.78, 5) is 32.6. The van der Waals surface area contributed by atoms with Crippen LogP contribution in [0.25, 0.3) is 0 Å². The van der Waals surface area contributed by atoms with E-state index >= 15 is 0 Å². The third-order valence-electron chi connectivity index (χ3n) is 7.37. The molecule has 0 aromatic heterocycles. The standard InChI is InChI=1S/C27H42N4O2/c1-6-23(30-25(32)20-10-9-19(17-20)18-31-15-7-8-16-31)24(28-5)26(33)29-22-13-11-21(12-14-22)27(2,3)4/h6,9-10,21-22H,7-8,11-18H2,1-5H3,(H,29,33)(H,30,32)/b23-6+,28-24?. The first-order valence-electron chi connectivity index (χ1n) is 12.6. The lowest BCUT2D eigenvalue weighted by atomic mass is 9.71. The summed E-state index contributed by atoms with van der Waals surface area (Å²) < 4.78 is 0. The van der Waals surface area contributed by atoms with Crippen LogP contribution in [0.2, 0.25) is 0 Å². The maximum absolute atomic E-state index is 13.0. The summed E-state index contributed by atoms with van der Waals surface area (Å²) in [5.41, 5.74) is 3.08. The van der Waals surface area contributed by atoms with E-state index in [9.17, 15) is 9.59 Å². The second-order valence-electron chi connectivity index (χ2n) is 10.8. The van der Waals surface area contributed by atoms with Gasteiger partial charge in [0.2, 0.25) is 0 Å². The highest BCUT2D eigenvalue weighted by Crippen LogP contribution is 2.37. The minimum atomic E-state index is -0.210. The Balaban J connectivity index is 1.50. The number of rotatable bonds is 7. The summed E-state index contributed by atoms with van der Waals surface area (Å²) in [7, 11) is 1.60. The predicted octanol–water partition coefficient (Wildman–Crippen LogP) is 4.15. The molecule has 0 atom stereocenters. The second kappa shape index (κ2) is 11.3. The molecule has 6 heteroatoms. The van der Waals surface area contributed by atoms with E-state index in [-0.39, 0.29) is 23.6 Å². The average molecular weight is 455 g/mol. The second-order valence-corrected chi connectivity index (χ2v) is 10.8. The Labute approximate surface area is 199 Å². The molecule has 0 spiro atoms. The van der Waals surface area contributed by atoms with Gasteiger partial charge in [0.25, 0.3) is 11.8 Å². The monoisotopic (exact) mass is 454 g/mol. The van der Waals surface area contributed by atoms with Crippen LogP contribution in [0.4, 0.5) is 0 Å². The lowest BCUT2D eigenvalue weighted by Crippen LogP contribution is -2.44. The zero-order valence-corrected chi connectivity index (χ0v) is 21.2. The van der Waals surface area contributed by atoms with Gasteiger partial charge >= 0.3 is 0 Å². The van der Waals surface area contributed by atoms with Gasteiger partial charge in [0.05, 0.1) is 5.70 Å². The van der Waals surface area contributed by atoms with E-state index in [4.69, 9.17) is 0 Å². The van der Waals surface area contributed by atoms with Crippen LogP contribution in [0, 0.1) is 11.3 Å². The van der Waals surface area contributed by atoms with Gasteiger partial charge in [-0.2, -0.15) is 0 Å². The predicted molar refractivity (Wildman–Crippen MR) is 135 cm³/mol. The average Bonchev–Trinajstić information content (AvgIpc) is 3.46. The van der Waals surface area contributed by atoms with Gasteiger partial charge in [-0.15, -0.1) is 0 Å². The van der Waals surface area contributed by atoms with Crippen LogP contribution in [0.3, 0.4) is 0 Å². The maximum atomic E-state index is 13.0. The van der Waals surface area contributed by atoms with E-state index in [1.54, 1.807) is 13.1 Å². The number of nitrogens with zero attached hydrogens (tertiary/aromatic N) is 2. The molecule has 6 nitrogen and oxygen atoms in total. The Bertz CT molecular complexity index is 846. The molecule has 2 amide bonds. The van der Waals surface area contributed by atoms with Crippen molar-refractivity contribution >= 4 is 17.5 Å². The minimum Gasteiger partial charge on any atom is -0.348 e. The van der Waals surface area contributed by atoms with Crippen LogP contribution in [0.15, 0.2) is 40.1 Å². The van der Waals surface area contributed by atoms with Gasteiger partial charge in [-0.3, -0.25) is 19.5 Å². The fourth-order valence-corrected chi connectivity index (χ4v) is 5.25. The van der Waals surface area contributed by atoms with Crippen molar-refractivity contribution in [2.45, 2.75) is 78.7 Å². The fourth-order valence-electron chi connectivity index (χ4n) is 5.25. The molecule has 1 aliphatic heterocycles. The summed E-state index contributed by atoms with van der Waals surface area (Å²) in [5.74, 6) is 0.327. The number of nitrogens with one attached hydrogen (secondary N) is 2. The number of amides is 2. The molecule has 1 heterocycles. The van der Waals surface area contributed by atoms with E-state index in [2.05, 4.69) is 47.4 Å². The number of aliphatic imine (C=N–C) groups is 1. The molecule has 0 unspecified atom stereocenters. The Morgan fingerprint density at radius 2 is 1.79 bits per heavy atom. The molecular formula is C27H42N4O2. The summed E-state index contributed by atoms with van der Waals surface area (Å²) >= 11 is 0. The molecule has 1 saturated heterocycles. The smallest absolute Gasteiger partial charge is 0.271 e. The zero-order valence-electron chi connectivity index (χ0n) is 21.2. The Morgan fingerprint density at radius 1 is 1.12 bits per heavy atom. The summed E-state index contributed by atoms with van der Waals surface area (Å²) in [6.45, 7) is 11.9. The van der Waals surface area contributed by atoms with Crippen LogP contribution in [0.5, 0.6) is 0 Å². The van der Waals surface area contributed by atoms with Gasteiger partial charge in [0.15, 0.2) is 0 Å². The lowest BCUT2D eigenvalue weighted by molar-refractivity contribution is -0.116. The van der Waals surface area contributed by atoms with Crippen molar-refractivity contribution in [2.24, 2.45) is 16.3 Å². The largest absolute Gasteiger partial charge is 0.348 e. The molecule has 0 aromatic rings. The summed E-state index contributed by atoms with van der Waals surface area (Å²) in [5, 5.41) is 6.09. The Kier molecular flexibility index (Phi) is 8.69. The van der Waals surface area contributed by atoms with Gasteiger partial charge in [-0.05, 0) is 69.9 Å². The normalized spacial score (nSPS) is 25.0. The molecule has 2 fully saturated rings. The fraction of sp³-hybridized carbons (Fsp3) is 0.667. The highest BCUT2D eigenvalue weighted by molar-refractivity contribution is 6.45. The van der Waals surface area contributed by atoms with E-state index in [0.29, 0.717) is 23.5 Å². The van der Waals surface area contributed by atoms with Crippen molar-refractivity contribution in [3.8, 4) is 0 Å². The van der Waals surface area contributed by atoms with Gasteiger partial charge < -0.3 is 10.6 Å². The Morgan fingerprint density at radius 3 is 2.36 bits per heavy atom. The van der Waals surface area contributed by atoms with Gasteiger partial charge in [0, 0.05) is 31.6 Å². The molecule has 0 aromatic carbocycles. The number of carbonyl (C=O) groups is 2. The van der Waals surface area contributed by atoms with Gasteiger partial charge in [-0.1, -0.05) is 44.6 Å². The van der Waals surface area contributed by atoms with E-state index < -0.39 is 0 Å². The zero-order chi connectivity index (χ0) is 24.0. The highest BCUT2D eigenvalue weighted by Gasteiger charge is 2.31. The molecule has 33 heavy (non-hydrogen) atoms. The molecule has 2 N–H and O–H groups in total. The molecular weight excluding hydrogens is 412 g/mol. The van der Waals surface area contributed by atoms with Crippen molar-refractivity contribution in [2.75, 3.05) is 26.7 Å². The molecule has 182 valence electrons. The molecule has 1 saturated carbocycles. The number of hydrogen-bond acceptors (Lipinski definition) is 4. The number of hydrogen-bond donors (Lipinski definition) is 2.